The number of aliphatic hydroxyl groups is 1. The summed E-state index contributed by atoms with van der Waals surface area (Å²) in [6, 6.07) is 0. The molecule has 0 saturated carbocycles. The minimum absolute atomic E-state index is 0. The zero-order valence-electron chi connectivity index (χ0n) is 18.4. The maximum absolute atomic E-state index is 7.81. The predicted octanol–water partition coefficient (Wildman–Crippen LogP) is 7.43. The van der Waals surface area contributed by atoms with Crippen molar-refractivity contribution in [2.24, 2.45) is 0 Å². The summed E-state index contributed by atoms with van der Waals surface area (Å²) in [5, 5.41) is 7.81. The van der Waals surface area contributed by atoms with Crippen LogP contribution in [0.2, 0.25) is 0 Å². The first kappa shape index (κ1) is 30.9. The predicted molar refractivity (Wildman–Crippen MR) is 122 cm³/mol. The lowest BCUT2D eigenvalue weighted by atomic mass is 10.0. The quantitative estimate of drug-likeness (QED) is 0.245. The molecule has 0 unspecified atom stereocenters. The molecule has 0 saturated heterocycles. The molecule has 161 valence electrons. The Morgan fingerprint density at radius 1 is 0.615 bits per heavy atom. The Morgan fingerprint density at radius 3 is 1.12 bits per heavy atom. The second-order valence-corrected chi connectivity index (χ2v) is 7.68. The number of unbranched alkanes of at least 4 members (excludes halogenated alkanes) is 15. The topological polar surface area (TPSA) is 23.5 Å². The van der Waals surface area contributed by atoms with Gasteiger partial charge in [-0.15, -0.1) is 12.4 Å². The average Bonchev–Trinajstić information content (AvgIpc) is 2.61. The summed E-state index contributed by atoms with van der Waals surface area (Å²) in [7, 11) is 4.34. The van der Waals surface area contributed by atoms with Gasteiger partial charge in [-0.25, -0.2) is 0 Å². The van der Waals surface area contributed by atoms with Gasteiger partial charge >= 0.3 is 0 Å². The lowest BCUT2D eigenvalue weighted by Gasteiger charge is -2.08. The van der Waals surface area contributed by atoms with Crippen LogP contribution in [0.3, 0.4) is 0 Å². The molecule has 0 aromatic heterocycles. The molecule has 0 spiro atoms. The molecule has 26 heavy (non-hydrogen) atoms. The first-order valence-electron chi connectivity index (χ1n) is 11.2. The molecule has 0 bridgehead atoms. The van der Waals surface area contributed by atoms with Crippen molar-refractivity contribution in [2.75, 3.05) is 27.2 Å². The summed E-state index contributed by atoms with van der Waals surface area (Å²) in [4.78, 5) is 2.30. The number of aliphatic hydroxyl groups excluding tert-OH is 1. The van der Waals surface area contributed by atoms with Crippen LogP contribution in [-0.2, 0) is 0 Å². The molecule has 0 aromatic rings. The van der Waals surface area contributed by atoms with Crippen LogP contribution in [0.25, 0.3) is 0 Å². The van der Waals surface area contributed by atoms with E-state index in [2.05, 4.69) is 32.8 Å². The number of hydrogen-bond donors (Lipinski definition) is 1. The summed E-state index contributed by atoms with van der Waals surface area (Å²) in [6.45, 7) is 7.12. The van der Waals surface area contributed by atoms with E-state index in [9.17, 15) is 0 Å². The molecule has 0 aliphatic carbocycles. The van der Waals surface area contributed by atoms with Crippen molar-refractivity contribution < 1.29 is 5.11 Å². The van der Waals surface area contributed by atoms with Gasteiger partial charge in [0.15, 0.2) is 0 Å². The summed E-state index contributed by atoms with van der Waals surface area (Å²) >= 11 is 0. The third kappa shape index (κ3) is 35.3. The Morgan fingerprint density at radius 2 is 0.885 bits per heavy atom. The standard InChI is InChI=1S/C20H43N.C3H7O.ClH/c1-4-5-6-7-8-9-10-11-12-13-14-15-16-17-18-19-20-21(2)3;1-2-3-4;/h4-20H2,1-3H3;4H,1-3H2;1H. The minimum Gasteiger partial charge on any atom is -0.396 e. The molecule has 0 rings (SSSR count). The highest BCUT2D eigenvalue weighted by atomic mass is 35.5. The molecular formula is C23H51ClNO. The molecule has 2 nitrogen and oxygen atoms in total. The van der Waals surface area contributed by atoms with Crippen molar-refractivity contribution >= 4 is 12.4 Å². The molecule has 0 atom stereocenters. The molecule has 1 radical (unpaired) electrons. The molecule has 0 fully saturated rings. The molecule has 1 N–H and O–H groups in total. The van der Waals surface area contributed by atoms with E-state index in [0.29, 0.717) is 6.42 Å². The van der Waals surface area contributed by atoms with Gasteiger partial charge in [0.1, 0.15) is 0 Å². The molecule has 0 amide bonds. The largest absolute Gasteiger partial charge is 0.396 e. The Hall–Kier alpha value is 0.210. The molecular weight excluding hydrogens is 342 g/mol. The molecule has 0 aromatic carbocycles. The summed E-state index contributed by atoms with van der Waals surface area (Å²) in [6.07, 6.45) is 23.9. The van der Waals surface area contributed by atoms with Crippen molar-refractivity contribution in [3.8, 4) is 0 Å². The first-order valence-corrected chi connectivity index (χ1v) is 11.2. The van der Waals surface area contributed by atoms with Crippen molar-refractivity contribution in [3.05, 3.63) is 6.92 Å². The smallest absolute Gasteiger partial charge is 0.0431 e. The van der Waals surface area contributed by atoms with Crippen LogP contribution < -0.4 is 0 Å². The van der Waals surface area contributed by atoms with E-state index in [-0.39, 0.29) is 19.0 Å². The van der Waals surface area contributed by atoms with Crippen molar-refractivity contribution in [2.45, 2.75) is 116 Å². The number of nitrogens with zero attached hydrogens (tertiary/aromatic N) is 1. The van der Waals surface area contributed by atoms with E-state index in [1.54, 1.807) is 0 Å². The fourth-order valence-corrected chi connectivity index (χ4v) is 2.98. The van der Waals surface area contributed by atoms with Crippen LogP contribution in [0.1, 0.15) is 116 Å². The molecule has 3 heteroatoms. The maximum atomic E-state index is 7.81. The van der Waals surface area contributed by atoms with Crippen molar-refractivity contribution in [3.63, 3.8) is 0 Å². The average molecular weight is 393 g/mol. The summed E-state index contributed by atoms with van der Waals surface area (Å²) < 4.78 is 0. The second kappa shape index (κ2) is 30.0. The zero-order valence-corrected chi connectivity index (χ0v) is 19.3. The summed E-state index contributed by atoms with van der Waals surface area (Å²) in [5.41, 5.74) is 0. The first-order chi connectivity index (χ1) is 12.2. The van der Waals surface area contributed by atoms with Crippen molar-refractivity contribution in [1.29, 1.82) is 0 Å². The van der Waals surface area contributed by atoms with Crippen LogP contribution in [0.15, 0.2) is 0 Å². The zero-order chi connectivity index (χ0) is 19.0. The minimum atomic E-state index is 0. The fourth-order valence-electron chi connectivity index (χ4n) is 2.98. The van der Waals surface area contributed by atoms with Gasteiger partial charge < -0.3 is 10.0 Å². The summed E-state index contributed by atoms with van der Waals surface area (Å²) in [5.74, 6) is 0. The van der Waals surface area contributed by atoms with Crippen LogP contribution in [0.5, 0.6) is 0 Å². The van der Waals surface area contributed by atoms with E-state index in [0.717, 1.165) is 0 Å². The highest BCUT2D eigenvalue weighted by Gasteiger charge is 1.95. The third-order valence-corrected chi connectivity index (χ3v) is 4.62. The van der Waals surface area contributed by atoms with Gasteiger partial charge in [-0.05, 0) is 33.5 Å². The van der Waals surface area contributed by atoms with E-state index in [4.69, 9.17) is 5.11 Å². The van der Waals surface area contributed by atoms with E-state index < -0.39 is 0 Å². The molecule has 0 heterocycles. The van der Waals surface area contributed by atoms with Gasteiger partial charge in [0, 0.05) is 6.61 Å². The number of rotatable bonds is 18. The van der Waals surface area contributed by atoms with Gasteiger partial charge in [-0.3, -0.25) is 0 Å². The highest BCUT2D eigenvalue weighted by Crippen LogP contribution is 2.13. The van der Waals surface area contributed by atoms with Crippen LogP contribution in [0, 0.1) is 6.92 Å². The second-order valence-electron chi connectivity index (χ2n) is 7.68. The van der Waals surface area contributed by atoms with Gasteiger partial charge in [-0.1, -0.05) is 110 Å². The van der Waals surface area contributed by atoms with Gasteiger partial charge in [0.25, 0.3) is 0 Å². The van der Waals surface area contributed by atoms with Gasteiger partial charge in [0.05, 0.1) is 0 Å². The normalized spacial score (nSPS) is 10.4. The highest BCUT2D eigenvalue weighted by molar-refractivity contribution is 5.85. The molecule has 0 aliphatic heterocycles. The Bertz CT molecular complexity index is 210. The lowest BCUT2D eigenvalue weighted by Crippen LogP contribution is -2.12. The third-order valence-electron chi connectivity index (χ3n) is 4.62. The van der Waals surface area contributed by atoms with Crippen molar-refractivity contribution in [1.82, 2.24) is 4.90 Å². The van der Waals surface area contributed by atoms with Crippen LogP contribution in [-0.4, -0.2) is 37.3 Å². The maximum Gasteiger partial charge on any atom is 0.0431 e. The number of halogens is 1. The molecule has 0 aliphatic rings. The number of hydrogen-bond acceptors (Lipinski definition) is 2. The van der Waals surface area contributed by atoms with Crippen LogP contribution in [0.4, 0.5) is 0 Å². The SMILES string of the molecule is CCCCCCCCCCCCCCCCCCN(C)C.Cl.[CH2]CCO. The van der Waals surface area contributed by atoms with Gasteiger partial charge in [0.2, 0.25) is 0 Å². The van der Waals surface area contributed by atoms with E-state index >= 15 is 0 Å². The van der Waals surface area contributed by atoms with Crippen LogP contribution >= 0.6 is 12.4 Å². The fraction of sp³-hybridized carbons (Fsp3) is 0.957. The van der Waals surface area contributed by atoms with Gasteiger partial charge in [-0.2, -0.15) is 0 Å². The Balaban J connectivity index is -0.000000951. The monoisotopic (exact) mass is 392 g/mol. The van der Waals surface area contributed by atoms with E-state index in [1.165, 1.54) is 109 Å². The Kier molecular flexibility index (Phi) is 35.6. The Labute approximate surface area is 172 Å². The van der Waals surface area contributed by atoms with E-state index in [1.807, 2.05) is 0 Å². The lowest BCUT2D eigenvalue weighted by molar-refractivity contribution is 0.302.